The number of likely N-dealkylation sites (tertiary alicyclic amines) is 1. The molecule has 0 unspecified atom stereocenters. The van der Waals surface area contributed by atoms with Gasteiger partial charge in [-0.2, -0.15) is 5.10 Å². The van der Waals surface area contributed by atoms with Gasteiger partial charge in [0.2, 0.25) is 5.91 Å². The van der Waals surface area contributed by atoms with Crippen molar-refractivity contribution in [3.05, 3.63) is 29.2 Å². The van der Waals surface area contributed by atoms with Gasteiger partial charge >= 0.3 is 0 Å². The third-order valence-electron chi connectivity index (χ3n) is 4.28. The first kappa shape index (κ1) is 18.1. The third kappa shape index (κ3) is 3.92. The van der Waals surface area contributed by atoms with E-state index in [0.717, 1.165) is 0 Å². The molecule has 1 aliphatic rings. The molecule has 1 fully saturated rings. The molecule has 3 heterocycles. The minimum Gasteiger partial charge on any atom is -0.361 e. The fraction of sp³-hybridized carbons (Fsp3) is 0.588. The van der Waals surface area contributed by atoms with Crippen LogP contribution in [-0.4, -0.2) is 49.6 Å². The lowest BCUT2D eigenvalue weighted by Gasteiger charge is -2.21. The second kappa shape index (κ2) is 7.27. The average molecular weight is 360 g/mol. The Bertz CT molecular complexity index is 796. The normalized spacial score (nSPS) is 20.0. The number of amides is 2. The van der Waals surface area contributed by atoms with Crippen LogP contribution >= 0.6 is 0 Å². The van der Waals surface area contributed by atoms with E-state index in [9.17, 15) is 9.59 Å². The zero-order chi connectivity index (χ0) is 18.8. The highest BCUT2D eigenvalue weighted by molar-refractivity contribution is 5.92. The summed E-state index contributed by atoms with van der Waals surface area (Å²) in [6.07, 6.45) is 1.01. The van der Waals surface area contributed by atoms with Gasteiger partial charge in [0.15, 0.2) is 11.5 Å². The third-order valence-corrected chi connectivity index (χ3v) is 4.28. The van der Waals surface area contributed by atoms with Gasteiger partial charge in [0, 0.05) is 25.1 Å². The summed E-state index contributed by atoms with van der Waals surface area (Å²) in [6, 6.07) is 1.13. The number of carbonyl (C=O) groups excluding carboxylic acids is 2. The standard InChI is InChI=1S/C17H24N6O3/c1-9(2)5-15(24)19-12-7-14(16-18-11(4)20-21-16)23(8-12)17(25)13-6-10(3)26-22-13/h6,9,12,14H,5,7-8H2,1-4H3,(H,19,24)(H,18,20,21)/t12-,14-/m0/s1. The second-order valence-electron chi connectivity index (χ2n) is 7.17. The van der Waals surface area contributed by atoms with Gasteiger partial charge in [-0.1, -0.05) is 19.0 Å². The molecule has 140 valence electrons. The number of H-pyrrole nitrogens is 1. The zero-order valence-corrected chi connectivity index (χ0v) is 15.4. The summed E-state index contributed by atoms with van der Waals surface area (Å²) in [4.78, 5) is 31.0. The van der Waals surface area contributed by atoms with Crippen LogP contribution < -0.4 is 5.32 Å². The van der Waals surface area contributed by atoms with E-state index in [1.54, 1.807) is 24.8 Å². The monoisotopic (exact) mass is 360 g/mol. The van der Waals surface area contributed by atoms with Gasteiger partial charge in [-0.05, 0) is 26.2 Å². The molecule has 0 radical (unpaired) electrons. The quantitative estimate of drug-likeness (QED) is 0.835. The lowest BCUT2D eigenvalue weighted by atomic mass is 10.1. The van der Waals surface area contributed by atoms with Crippen LogP contribution in [0.25, 0.3) is 0 Å². The van der Waals surface area contributed by atoms with E-state index >= 15 is 0 Å². The number of carbonyl (C=O) groups is 2. The van der Waals surface area contributed by atoms with Crippen LogP contribution in [0.3, 0.4) is 0 Å². The summed E-state index contributed by atoms with van der Waals surface area (Å²) < 4.78 is 5.02. The van der Waals surface area contributed by atoms with Gasteiger partial charge in [-0.25, -0.2) is 4.98 Å². The van der Waals surface area contributed by atoms with Crippen molar-refractivity contribution >= 4 is 11.8 Å². The Morgan fingerprint density at radius 1 is 1.42 bits per heavy atom. The van der Waals surface area contributed by atoms with Gasteiger partial charge in [0.1, 0.15) is 11.6 Å². The van der Waals surface area contributed by atoms with Gasteiger partial charge in [0.25, 0.3) is 5.91 Å². The number of hydrogen-bond acceptors (Lipinski definition) is 6. The first-order chi connectivity index (χ1) is 12.3. The second-order valence-corrected chi connectivity index (χ2v) is 7.17. The Balaban J connectivity index is 1.79. The molecule has 3 rings (SSSR count). The van der Waals surface area contributed by atoms with Crippen molar-refractivity contribution in [1.29, 1.82) is 0 Å². The predicted molar refractivity (Wildman–Crippen MR) is 92.1 cm³/mol. The van der Waals surface area contributed by atoms with E-state index in [4.69, 9.17) is 4.52 Å². The summed E-state index contributed by atoms with van der Waals surface area (Å²) in [5, 5.41) is 13.8. The van der Waals surface area contributed by atoms with Crippen molar-refractivity contribution < 1.29 is 14.1 Å². The fourth-order valence-corrected chi connectivity index (χ4v) is 3.19. The maximum absolute atomic E-state index is 12.9. The number of nitrogens with zero attached hydrogens (tertiary/aromatic N) is 4. The molecule has 0 bridgehead atoms. The molecule has 26 heavy (non-hydrogen) atoms. The predicted octanol–water partition coefficient (Wildman–Crippen LogP) is 1.53. The summed E-state index contributed by atoms with van der Waals surface area (Å²) in [6.45, 7) is 7.92. The molecular weight excluding hydrogens is 336 g/mol. The average Bonchev–Trinajstić information content (AvgIpc) is 3.25. The molecule has 2 atom stereocenters. The van der Waals surface area contributed by atoms with Crippen LogP contribution in [0.2, 0.25) is 0 Å². The molecule has 0 spiro atoms. The minimum atomic E-state index is -0.325. The van der Waals surface area contributed by atoms with Crippen LogP contribution in [-0.2, 0) is 4.79 Å². The molecule has 9 nitrogen and oxygen atoms in total. The summed E-state index contributed by atoms with van der Waals surface area (Å²) in [7, 11) is 0. The topological polar surface area (TPSA) is 117 Å². The molecule has 2 aromatic heterocycles. The van der Waals surface area contributed by atoms with Crippen molar-refractivity contribution in [3.8, 4) is 0 Å². The molecule has 2 N–H and O–H groups in total. The van der Waals surface area contributed by atoms with Crippen molar-refractivity contribution in [2.75, 3.05) is 6.54 Å². The van der Waals surface area contributed by atoms with Crippen LogP contribution in [0.5, 0.6) is 0 Å². The van der Waals surface area contributed by atoms with Crippen LogP contribution in [0.1, 0.15) is 60.6 Å². The van der Waals surface area contributed by atoms with Crippen LogP contribution in [0.15, 0.2) is 10.6 Å². The lowest BCUT2D eigenvalue weighted by Crippen LogP contribution is -2.39. The SMILES string of the molecule is Cc1nc([C@@H]2C[C@H](NC(=O)CC(C)C)CN2C(=O)c2cc(C)on2)n[nH]1. The molecular formula is C17H24N6O3. The molecule has 1 aliphatic heterocycles. The molecule has 0 aromatic carbocycles. The van der Waals surface area contributed by atoms with E-state index in [-0.39, 0.29) is 35.5 Å². The van der Waals surface area contributed by atoms with Crippen LogP contribution in [0.4, 0.5) is 0 Å². The summed E-state index contributed by atoms with van der Waals surface area (Å²) >= 11 is 0. The lowest BCUT2D eigenvalue weighted by molar-refractivity contribution is -0.122. The number of rotatable bonds is 5. The van der Waals surface area contributed by atoms with Crippen LogP contribution in [0, 0.1) is 19.8 Å². The first-order valence-corrected chi connectivity index (χ1v) is 8.76. The molecule has 9 heteroatoms. The molecule has 1 saturated heterocycles. The number of hydrogen-bond donors (Lipinski definition) is 2. The Labute approximate surface area is 151 Å². The Morgan fingerprint density at radius 2 is 2.19 bits per heavy atom. The number of aromatic nitrogens is 4. The van der Waals surface area contributed by atoms with E-state index in [1.807, 2.05) is 13.8 Å². The maximum atomic E-state index is 12.9. The van der Waals surface area contributed by atoms with Crippen molar-refractivity contribution in [1.82, 2.24) is 30.6 Å². The van der Waals surface area contributed by atoms with E-state index in [2.05, 4.69) is 25.7 Å². The Morgan fingerprint density at radius 3 is 2.77 bits per heavy atom. The van der Waals surface area contributed by atoms with Crippen molar-refractivity contribution in [3.63, 3.8) is 0 Å². The first-order valence-electron chi connectivity index (χ1n) is 8.76. The van der Waals surface area contributed by atoms with Gasteiger partial charge < -0.3 is 14.7 Å². The minimum absolute atomic E-state index is 0.0125. The van der Waals surface area contributed by atoms with Crippen molar-refractivity contribution in [2.24, 2.45) is 5.92 Å². The fourth-order valence-electron chi connectivity index (χ4n) is 3.19. The van der Waals surface area contributed by atoms with Gasteiger partial charge in [-0.15, -0.1) is 0 Å². The smallest absolute Gasteiger partial charge is 0.276 e. The molecule has 0 saturated carbocycles. The summed E-state index contributed by atoms with van der Waals surface area (Å²) in [5.41, 5.74) is 0.244. The van der Waals surface area contributed by atoms with Crippen molar-refractivity contribution in [2.45, 2.75) is 52.6 Å². The molecule has 0 aliphatic carbocycles. The van der Waals surface area contributed by atoms with E-state index < -0.39 is 0 Å². The van der Waals surface area contributed by atoms with E-state index in [1.165, 1.54) is 0 Å². The Hall–Kier alpha value is -2.71. The Kier molecular flexibility index (Phi) is 5.06. The number of aromatic amines is 1. The molecule has 2 amide bonds. The van der Waals surface area contributed by atoms with Gasteiger partial charge in [-0.3, -0.25) is 14.7 Å². The maximum Gasteiger partial charge on any atom is 0.276 e. The largest absolute Gasteiger partial charge is 0.361 e. The highest BCUT2D eigenvalue weighted by Crippen LogP contribution is 2.31. The highest BCUT2D eigenvalue weighted by Gasteiger charge is 2.40. The highest BCUT2D eigenvalue weighted by atomic mass is 16.5. The number of nitrogens with one attached hydrogen (secondary N) is 2. The van der Waals surface area contributed by atoms with E-state index in [0.29, 0.717) is 36.8 Å². The molecule has 2 aromatic rings. The number of aryl methyl sites for hydroxylation is 2. The zero-order valence-electron chi connectivity index (χ0n) is 15.4. The van der Waals surface area contributed by atoms with Gasteiger partial charge in [0.05, 0.1) is 6.04 Å². The summed E-state index contributed by atoms with van der Waals surface area (Å²) in [5.74, 6) is 1.79.